The van der Waals surface area contributed by atoms with E-state index in [1.807, 2.05) is 41.1 Å². The Balaban J connectivity index is 1.29. The predicted octanol–water partition coefficient (Wildman–Crippen LogP) is 5.14. The van der Waals surface area contributed by atoms with E-state index in [1.54, 1.807) is 19.1 Å². The Kier molecular flexibility index (Phi) is 6.30. The first-order valence-electron chi connectivity index (χ1n) is 10.5. The summed E-state index contributed by atoms with van der Waals surface area (Å²) < 4.78 is 8.08. The molecule has 6 heteroatoms. The van der Waals surface area contributed by atoms with Crippen LogP contribution in [0.3, 0.4) is 0 Å². The molecule has 0 saturated carbocycles. The Bertz CT molecular complexity index is 1020. The van der Waals surface area contributed by atoms with E-state index in [1.165, 1.54) is 0 Å². The van der Waals surface area contributed by atoms with Gasteiger partial charge in [-0.15, -0.1) is 0 Å². The van der Waals surface area contributed by atoms with Crippen LogP contribution in [0.5, 0.6) is 11.5 Å². The largest absolute Gasteiger partial charge is 0.506 e. The summed E-state index contributed by atoms with van der Waals surface area (Å²) >= 11 is 5.93. The van der Waals surface area contributed by atoms with E-state index < -0.39 is 0 Å². The van der Waals surface area contributed by atoms with Crippen molar-refractivity contribution in [2.75, 3.05) is 19.6 Å². The van der Waals surface area contributed by atoms with E-state index in [9.17, 15) is 9.90 Å². The monoisotopic (exact) mass is 426 g/mol. The molecule has 0 aliphatic carbocycles. The number of nitrogens with zero attached hydrogens (tertiary/aromatic N) is 2. The summed E-state index contributed by atoms with van der Waals surface area (Å²) in [4.78, 5) is 14.4. The lowest BCUT2D eigenvalue weighted by Crippen LogP contribution is -2.38. The molecule has 158 valence electrons. The first-order chi connectivity index (χ1) is 14.5. The number of halogens is 1. The lowest BCUT2D eigenvalue weighted by atomic mass is 10.1. The fourth-order valence-electron chi connectivity index (χ4n) is 4.22. The number of aromatic nitrogens is 1. The molecule has 0 amide bonds. The van der Waals surface area contributed by atoms with Gasteiger partial charge in [-0.1, -0.05) is 23.7 Å². The highest BCUT2D eigenvalue weighted by molar-refractivity contribution is 6.30. The van der Waals surface area contributed by atoms with Crippen LogP contribution in [0.25, 0.3) is 10.9 Å². The van der Waals surface area contributed by atoms with Gasteiger partial charge in [0.1, 0.15) is 17.6 Å². The highest BCUT2D eigenvalue weighted by Gasteiger charge is 2.20. The van der Waals surface area contributed by atoms with E-state index in [0.717, 1.165) is 67.1 Å². The number of hydrogen-bond acceptors (Lipinski definition) is 4. The normalized spacial score (nSPS) is 15.5. The molecule has 1 aromatic heterocycles. The number of para-hydroxylation sites is 1. The molecule has 1 aliphatic rings. The average molecular weight is 427 g/mol. The third-order valence-electron chi connectivity index (χ3n) is 5.78. The van der Waals surface area contributed by atoms with Crippen LogP contribution >= 0.6 is 11.6 Å². The maximum atomic E-state index is 12.0. The average Bonchev–Trinajstić information content (AvgIpc) is 3.11. The number of ether oxygens (including phenoxy) is 1. The molecule has 0 radical (unpaired) electrons. The Morgan fingerprint density at radius 2 is 1.87 bits per heavy atom. The second kappa shape index (κ2) is 9.11. The minimum atomic E-state index is 0.0205. The van der Waals surface area contributed by atoms with E-state index in [0.29, 0.717) is 5.56 Å². The van der Waals surface area contributed by atoms with E-state index >= 15 is 0 Å². The van der Waals surface area contributed by atoms with Gasteiger partial charge >= 0.3 is 0 Å². The van der Waals surface area contributed by atoms with Gasteiger partial charge in [0.2, 0.25) is 0 Å². The second-order valence-electron chi connectivity index (χ2n) is 7.93. The number of carbonyl (C=O) groups is 1. The van der Waals surface area contributed by atoms with Gasteiger partial charge in [0.15, 0.2) is 5.78 Å². The molecule has 0 bridgehead atoms. The van der Waals surface area contributed by atoms with Crippen molar-refractivity contribution in [3.05, 3.63) is 59.2 Å². The van der Waals surface area contributed by atoms with Gasteiger partial charge < -0.3 is 19.3 Å². The van der Waals surface area contributed by atoms with E-state index in [2.05, 4.69) is 4.90 Å². The molecule has 5 nitrogen and oxygen atoms in total. The van der Waals surface area contributed by atoms with Crippen LogP contribution in [0.1, 0.15) is 36.5 Å². The standard InChI is InChI=1S/C24H27ClN2O3/c1-17(28)22-16-27(24-21(22)4-2-5-23(24)29)13-3-12-26-14-10-20(11-15-26)30-19-8-6-18(25)7-9-19/h2,4-9,16,20,29H,3,10-15H2,1H3. The summed E-state index contributed by atoms with van der Waals surface area (Å²) in [5.41, 5.74) is 1.42. The smallest absolute Gasteiger partial charge is 0.161 e. The SMILES string of the molecule is CC(=O)c1cn(CCCN2CCC(Oc3ccc(Cl)cc3)CC2)c2c(O)cccc12. The molecule has 2 heterocycles. The van der Waals surface area contributed by atoms with E-state index in [4.69, 9.17) is 16.3 Å². The topological polar surface area (TPSA) is 54.7 Å². The number of ketones is 1. The first-order valence-corrected chi connectivity index (χ1v) is 10.9. The Morgan fingerprint density at radius 3 is 2.57 bits per heavy atom. The number of rotatable bonds is 7. The number of likely N-dealkylation sites (tertiary alicyclic amines) is 1. The number of aromatic hydroxyl groups is 1. The molecule has 1 fully saturated rings. The molecule has 0 unspecified atom stereocenters. The van der Waals surface area contributed by atoms with Crippen LogP contribution in [-0.4, -0.2) is 46.1 Å². The Labute approximate surface area is 181 Å². The molecular weight excluding hydrogens is 400 g/mol. The molecule has 1 N–H and O–H groups in total. The summed E-state index contributed by atoms with van der Waals surface area (Å²) in [6.45, 7) is 5.33. The van der Waals surface area contributed by atoms with Crippen LogP contribution < -0.4 is 4.74 Å². The zero-order chi connectivity index (χ0) is 21.1. The Hall–Kier alpha value is -2.50. The Morgan fingerprint density at radius 1 is 1.13 bits per heavy atom. The molecule has 4 rings (SSSR count). The second-order valence-corrected chi connectivity index (χ2v) is 8.37. The summed E-state index contributed by atoms with van der Waals surface area (Å²) in [5.74, 6) is 1.12. The molecule has 1 saturated heterocycles. The summed E-state index contributed by atoms with van der Waals surface area (Å²) in [6.07, 6.45) is 5.08. The zero-order valence-corrected chi connectivity index (χ0v) is 17.9. The van der Waals surface area contributed by atoms with Gasteiger partial charge in [0.05, 0.1) is 5.52 Å². The quantitative estimate of drug-likeness (QED) is 0.532. The van der Waals surface area contributed by atoms with Crippen molar-refractivity contribution >= 4 is 28.3 Å². The van der Waals surface area contributed by atoms with Gasteiger partial charge in [0.25, 0.3) is 0 Å². The lowest BCUT2D eigenvalue weighted by molar-refractivity contribution is 0.0993. The minimum Gasteiger partial charge on any atom is -0.506 e. The van der Waals surface area contributed by atoms with Crippen LogP contribution in [0, 0.1) is 0 Å². The number of benzene rings is 2. The van der Waals surface area contributed by atoms with Crippen molar-refractivity contribution < 1.29 is 14.6 Å². The minimum absolute atomic E-state index is 0.0205. The highest BCUT2D eigenvalue weighted by Crippen LogP contribution is 2.29. The van der Waals surface area contributed by atoms with Crippen LogP contribution in [0.2, 0.25) is 5.02 Å². The molecule has 3 aromatic rings. The maximum absolute atomic E-state index is 12.0. The molecule has 0 atom stereocenters. The number of Topliss-reactive ketones (excluding diaryl/α,β-unsaturated/α-hetero) is 1. The van der Waals surface area contributed by atoms with Crippen molar-refractivity contribution in [3.63, 3.8) is 0 Å². The molecule has 30 heavy (non-hydrogen) atoms. The number of carbonyl (C=O) groups excluding carboxylic acids is 1. The molecule has 0 spiro atoms. The van der Waals surface area contributed by atoms with Crippen LogP contribution in [-0.2, 0) is 6.54 Å². The third-order valence-corrected chi connectivity index (χ3v) is 6.03. The van der Waals surface area contributed by atoms with Crippen molar-refractivity contribution in [3.8, 4) is 11.5 Å². The van der Waals surface area contributed by atoms with Crippen molar-refractivity contribution in [2.24, 2.45) is 0 Å². The van der Waals surface area contributed by atoms with Crippen LogP contribution in [0.15, 0.2) is 48.7 Å². The van der Waals surface area contributed by atoms with Gasteiger partial charge in [-0.3, -0.25) is 4.79 Å². The lowest BCUT2D eigenvalue weighted by Gasteiger charge is -2.32. The van der Waals surface area contributed by atoms with Crippen LogP contribution in [0.4, 0.5) is 0 Å². The van der Waals surface area contributed by atoms with Gasteiger partial charge in [-0.2, -0.15) is 0 Å². The molecule has 1 aliphatic heterocycles. The third kappa shape index (κ3) is 4.63. The number of phenols is 1. The van der Waals surface area contributed by atoms with Gasteiger partial charge in [0, 0.05) is 41.8 Å². The summed E-state index contributed by atoms with van der Waals surface area (Å²) in [7, 11) is 0. The molecule has 2 aromatic carbocycles. The van der Waals surface area contributed by atoms with Crippen molar-refractivity contribution in [1.82, 2.24) is 9.47 Å². The fourth-order valence-corrected chi connectivity index (χ4v) is 4.34. The number of aryl methyl sites for hydroxylation is 1. The van der Waals surface area contributed by atoms with Crippen molar-refractivity contribution in [2.45, 2.75) is 38.8 Å². The maximum Gasteiger partial charge on any atom is 0.161 e. The number of fused-ring (bicyclic) bond motifs is 1. The van der Waals surface area contributed by atoms with Gasteiger partial charge in [-0.25, -0.2) is 0 Å². The number of hydrogen-bond donors (Lipinski definition) is 1. The fraction of sp³-hybridized carbons (Fsp3) is 0.375. The van der Waals surface area contributed by atoms with Gasteiger partial charge in [-0.05, 0) is 63.1 Å². The van der Waals surface area contributed by atoms with E-state index in [-0.39, 0.29) is 17.6 Å². The van der Waals surface area contributed by atoms with Crippen molar-refractivity contribution in [1.29, 1.82) is 0 Å². The highest BCUT2D eigenvalue weighted by atomic mass is 35.5. The predicted molar refractivity (Wildman–Crippen MR) is 120 cm³/mol. The first kappa shape index (κ1) is 20.8. The summed E-state index contributed by atoms with van der Waals surface area (Å²) in [5, 5.41) is 11.8. The number of phenolic OH excluding ortho intramolecular Hbond substituents is 1. The zero-order valence-electron chi connectivity index (χ0n) is 17.2. The summed E-state index contributed by atoms with van der Waals surface area (Å²) in [6, 6.07) is 12.9. The number of piperidine rings is 1. The molecular formula is C24H27ClN2O3.